The molecule has 3 rings (SSSR count). The lowest BCUT2D eigenvalue weighted by molar-refractivity contribution is -0.123. The van der Waals surface area contributed by atoms with Crippen LogP contribution in [0.1, 0.15) is 23.0 Å². The van der Waals surface area contributed by atoms with Gasteiger partial charge < -0.3 is 15.8 Å². The van der Waals surface area contributed by atoms with Crippen LogP contribution in [0, 0.1) is 12.7 Å². The number of ether oxygens (including phenoxy) is 1. The molecule has 0 unspecified atom stereocenters. The summed E-state index contributed by atoms with van der Waals surface area (Å²) in [4.78, 5) is 37.6. The molecule has 0 bridgehead atoms. The van der Waals surface area contributed by atoms with Crippen LogP contribution in [-0.2, 0) is 16.6 Å². The molecule has 1 aromatic heterocycles. The maximum absolute atomic E-state index is 13.1. The molecule has 9 heteroatoms. The summed E-state index contributed by atoms with van der Waals surface area (Å²) in [6.07, 6.45) is -1.22. The molecule has 1 atom stereocenters. The summed E-state index contributed by atoms with van der Waals surface area (Å²) in [7, 11) is 1.69. The number of aromatic nitrogens is 2. The summed E-state index contributed by atoms with van der Waals surface area (Å²) < 4.78 is 21.3. The van der Waals surface area contributed by atoms with Crippen molar-refractivity contribution in [1.82, 2.24) is 9.36 Å². The molecular weight excluding hydrogens is 391 g/mol. The number of para-hydroxylation sites is 1. The van der Waals surface area contributed by atoms with Crippen LogP contribution in [0.2, 0.25) is 0 Å². The molecule has 30 heavy (non-hydrogen) atoms. The number of hydrogen-bond acceptors (Lipinski definition) is 5. The molecule has 0 saturated carbocycles. The molecule has 2 aromatic carbocycles. The van der Waals surface area contributed by atoms with Crippen LogP contribution in [0.3, 0.4) is 0 Å². The molecule has 0 fully saturated rings. The normalized spacial score (nSPS) is 11.7. The van der Waals surface area contributed by atoms with E-state index < -0.39 is 29.4 Å². The quantitative estimate of drug-likeness (QED) is 0.494. The van der Waals surface area contributed by atoms with Gasteiger partial charge in [0.05, 0.1) is 16.9 Å². The smallest absolute Gasteiger partial charge is 0.341 e. The highest BCUT2D eigenvalue weighted by Gasteiger charge is 2.24. The predicted octanol–water partition coefficient (Wildman–Crippen LogP) is 2.39. The third-order valence-corrected chi connectivity index (χ3v) is 4.69. The minimum Gasteiger partial charge on any atom is -0.449 e. The van der Waals surface area contributed by atoms with E-state index in [1.807, 2.05) is 6.07 Å². The van der Waals surface area contributed by atoms with Crippen molar-refractivity contribution in [2.75, 3.05) is 11.1 Å². The molecule has 0 saturated heterocycles. The molecule has 3 aromatic rings. The Bertz CT molecular complexity index is 1170. The van der Waals surface area contributed by atoms with E-state index in [0.717, 1.165) is 12.1 Å². The lowest BCUT2D eigenvalue weighted by atomic mass is 10.2. The molecule has 1 amide bonds. The number of nitrogen functional groups attached to an aromatic ring is 1. The first-order valence-electron chi connectivity index (χ1n) is 9.11. The largest absolute Gasteiger partial charge is 0.449 e. The Morgan fingerprint density at radius 3 is 2.47 bits per heavy atom. The predicted molar refractivity (Wildman–Crippen MR) is 110 cm³/mol. The third kappa shape index (κ3) is 3.95. The van der Waals surface area contributed by atoms with Crippen LogP contribution in [0.15, 0.2) is 53.3 Å². The summed E-state index contributed by atoms with van der Waals surface area (Å²) in [5.74, 6) is -2.15. The standard InChI is InChI=1S/C21H21FN4O4/c1-12-18(20(28)26(25(12)3)15-7-5-4-6-8-15)24-19(27)13(2)30-21(29)16-10-9-14(22)11-17(16)23/h4-11,13H,23H2,1-3H3,(H,24,27)/t13-/m1/s1. The first-order valence-corrected chi connectivity index (χ1v) is 9.11. The van der Waals surface area contributed by atoms with Crippen molar-refractivity contribution in [1.29, 1.82) is 0 Å². The highest BCUT2D eigenvalue weighted by Crippen LogP contribution is 2.17. The molecule has 3 N–H and O–H groups in total. The maximum atomic E-state index is 13.1. The van der Waals surface area contributed by atoms with Gasteiger partial charge in [0.25, 0.3) is 11.5 Å². The van der Waals surface area contributed by atoms with E-state index in [-0.39, 0.29) is 16.9 Å². The Balaban J connectivity index is 1.79. The number of nitrogens with one attached hydrogen (secondary N) is 1. The Morgan fingerprint density at radius 1 is 1.17 bits per heavy atom. The van der Waals surface area contributed by atoms with Gasteiger partial charge in [-0.05, 0) is 44.2 Å². The zero-order valence-corrected chi connectivity index (χ0v) is 16.7. The second-order valence-corrected chi connectivity index (χ2v) is 6.70. The Kier molecular flexibility index (Phi) is 5.72. The fourth-order valence-electron chi connectivity index (χ4n) is 2.93. The first-order chi connectivity index (χ1) is 14.2. The molecule has 1 heterocycles. The van der Waals surface area contributed by atoms with Gasteiger partial charge in [-0.15, -0.1) is 0 Å². The van der Waals surface area contributed by atoms with Gasteiger partial charge in [0.2, 0.25) is 0 Å². The zero-order chi connectivity index (χ0) is 22.0. The number of esters is 1. The number of nitrogens with two attached hydrogens (primary N) is 1. The number of rotatable bonds is 5. The SMILES string of the molecule is Cc1c(NC(=O)[C@@H](C)OC(=O)c2ccc(F)cc2N)c(=O)n(-c2ccccc2)n1C. The van der Waals surface area contributed by atoms with Crippen molar-refractivity contribution in [3.63, 3.8) is 0 Å². The second kappa shape index (κ2) is 8.24. The van der Waals surface area contributed by atoms with Gasteiger partial charge in [-0.2, -0.15) is 0 Å². The lowest BCUT2D eigenvalue weighted by Crippen LogP contribution is -2.32. The van der Waals surface area contributed by atoms with Gasteiger partial charge in [0.15, 0.2) is 6.10 Å². The third-order valence-electron chi connectivity index (χ3n) is 4.69. The van der Waals surface area contributed by atoms with Crippen molar-refractivity contribution in [3.05, 3.63) is 76.0 Å². The van der Waals surface area contributed by atoms with Crippen LogP contribution in [0.5, 0.6) is 0 Å². The van der Waals surface area contributed by atoms with E-state index in [1.54, 1.807) is 42.9 Å². The van der Waals surface area contributed by atoms with Crippen molar-refractivity contribution in [3.8, 4) is 5.69 Å². The topological polar surface area (TPSA) is 108 Å². The van der Waals surface area contributed by atoms with E-state index in [0.29, 0.717) is 11.4 Å². The molecular formula is C21H21FN4O4. The lowest BCUT2D eigenvalue weighted by Gasteiger charge is -2.14. The average Bonchev–Trinajstić information content (AvgIpc) is 2.91. The van der Waals surface area contributed by atoms with E-state index in [2.05, 4.69) is 5.32 Å². The zero-order valence-electron chi connectivity index (χ0n) is 16.7. The van der Waals surface area contributed by atoms with Crippen LogP contribution in [-0.4, -0.2) is 27.3 Å². The summed E-state index contributed by atoms with van der Waals surface area (Å²) in [6, 6.07) is 12.2. The van der Waals surface area contributed by atoms with Gasteiger partial charge in [-0.3, -0.25) is 14.3 Å². The average molecular weight is 412 g/mol. The maximum Gasteiger partial charge on any atom is 0.341 e. The van der Waals surface area contributed by atoms with Crippen molar-refractivity contribution >= 4 is 23.3 Å². The molecule has 8 nitrogen and oxygen atoms in total. The number of amides is 1. The molecule has 0 radical (unpaired) electrons. The molecule has 0 aliphatic heterocycles. The molecule has 0 aliphatic carbocycles. The fourth-order valence-corrected chi connectivity index (χ4v) is 2.93. The summed E-state index contributed by atoms with van der Waals surface area (Å²) in [6.45, 7) is 3.05. The van der Waals surface area contributed by atoms with Crippen LogP contribution in [0.25, 0.3) is 5.69 Å². The number of hydrogen-bond donors (Lipinski definition) is 2. The number of anilines is 2. The van der Waals surface area contributed by atoms with Crippen molar-refractivity contribution in [2.45, 2.75) is 20.0 Å². The van der Waals surface area contributed by atoms with Gasteiger partial charge in [0, 0.05) is 12.7 Å². The Labute approximate surface area is 171 Å². The van der Waals surface area contributed by atoms with E-state index in [9.17, 15) is 18.8 Å². The Morgan fingerprint density at radius 2 is 1.83 bits per heavy atom. The molecule has 156 valence electrons. The van der Waals surface area contributed by atoms with Crippen molar-refractivity contribution < 1.29 is 18.7 Å². The minimum absolute atomic E-state index is 0.0571. The molecule has 0 spiro atoms. The van der Waals surface area contributed by atoms with Gasteiger partial charge in [0.1, 0.15) is 11.5 Å². The van der Waals surface area contributed by atoms with Crippen LogP contribution < -0.4 is 16.6 Å². The number of benzene rings is 2. The van der Waals surface area contributed by atoms with E-state index in [1.165, 1.54) is 17.7 Å². The second-order valence-electron chi connectivity index (χ2n) is 6.70. The first kappa shape index (κ1) is 20.8. The monoisotopic (exact) mass is 412 g/mol. The van der Waals surface area contributed by atoms with E-state index in [4.69, 9.17) is 10.5 Å². The number of carbonyl (C=O) groups is 2. The number of nitrogens with zero attached hydrogens (tertiary/aromatic N) is 2. The van der Waals surface area contributed by atoms with Gasteiger partial charge >= 0.3 is 5.97 Å². The highest BCUT2D eigenvalue weighted by atomic mass is 19.1. The summed E-state index contributed by atoms with van der Waals surface area (Å²) in [5, 5.41) is 2.53. The number of halogens is 1. The van der Waals surface area contributed by atoms with Crippen LogP contribution >= 0.6 is 0 Å². The highest BCUT2D eigenvalue weighted by molar-refractivity contribution is 5.99. The fraction of sp³-hybridized carbons (Fsp3) is 0.190. The minimum atomic E-state index is -1.22. The summed E-state index contributed by atoms with van der Waals surface area (Å²) in [5.41, 5.74) is 6.29. The van der Waals surface area contributed by atoms with Gasteiger partial charge in [-0.25, -0.2) is 13.9 Å². The number of carbonyl (C=O) groups excluding carboxylic acids is 2. The summed E-state index contributed by atoms with van der Waals surface area (Å²) >= 11 is 0. The van der Waals surface area contributed by atoms with Gasteiger partial charge in [-0.1, -0.05) is 18.2 Å². The van der Waals surface area contributed by atoms with Crippen molar-refractivity contribution in [2.24, 2.45) is 7.05 Å². The molecule has 0 aliphatic rings. The van der Waals surface area contributed by atoms with Crippen LogP contribution in [0.4, 0.5) is 15.8 Å². The van der Waals surface area contributed by atoms with E-state index >= 15 is 0 Å². The Hall–Kier alpha value is -3.88.